The summed E-state index contributed by atoms with van der Waals surface area (Å²) in [7, 11) is 0. The van der Waals surface area contributed by atoms with Gasteiger partial charge in [-0.15, -0.1) is 0 Å². The van der Waals surface area contributed by atoms with Crippen LogP contribution in [-0.2, 0) is 9.78 Å². The van der Waals surface area contributed by atoms with Gasteiger partial charge in [-0.05, 0) is 6.42 Å². The Kier molecular flexibility index (Phi) is 7.04. The van der Waals surface area contributed by atoms with Gasteiger partial charge in [0.25, 0.3) is 0 Å². The molecule has 8 heteroatoms. The van der Waals surface area contributed by atoms with E-state index >= 15 is 0 Å². The molecule has 2 aliphatic heterocycles. The van der Waals surface area contributed by atoms with Crippen molar-refractivity contribution in [2.45, 2.75) is 76.0 Å². The second kappa shape index (κ2) is 8.79. The van der Waals surface area contributed by atoms with E-state index in [1.54, 1.807) is 0 Å². The molecular formula is C15H28N2O6. The summed E-state index contributed by atoms with van der Waals surface area (Å²) in [4.78, 5) is 15.5. The summed E-state index contributed by atoms with van der Waals surface area (Å²) in [6.45, 7) is 2.65. The maximum absolute atomic E-state index is 10.1. The van der Waals surface area contributed by atoms with Crippen molar-refractivity contribution >= 4 is 6.02 Å². The fourth-order valence-electron chi connectivity index (χ4n) is 2.94. The van der Waals surface area contributed by atoms with Gasteiger partial charge in [-0.25, -0.2) is 4.99 Å². The van der Waals surface area contributed by atoms with Crippen LogP contribution >= 0.6 is 0 Å². The highest BCUT2D eigenvalue weighted by Crippen LogP contribution is 2.27. The molecule has 0 spiro atoms. The molecule has 4 N–H and O–H groups in total. The Balaban J connectivity index is 1.89. The summed E-state index contributed by atoms with van der Waals surface area (Å²) >= 11 is 0. The van der Waals surface area contributed by atoms with Gasteiger partial charge in [-0.1, -0.05) is 39.0 Å². The Morgan fingerprint density at radius 1 is 1.00 bits per heavy atom. The predicted octanol–water partition coefficient (Wildman–Crippen LogP) is -0.250. The molecular weight excluding hydrogens is 304 g/mol. The van der Waals surface area contributed by atoms with E-state index in [0.717, 1.165) is 19.3 Å². The first-order valence-electron chi connectivity index (χ1n) is 8.42. The third-order valence-corrected chi connectivity index (χ3v) is 4.39. The highest BCUT2D eigenvalue weighted by atomic mass is 17.2. The lowest BCUT2D eigenvalue weighted by Gasteiger charge is -2.48. The zero-order valence-corrected chi connectivity index (χ0v) is 13.5. The molecule has 0 amide bonds. The van der Waals surface area contributed by atoms with Crippen LogP contribution in [0.25, 0.3) is 0 Å². The number of aliphatic hydroxyl groups excluding tert-OH is 4. The van der Waals surface area contributed by atoms with E-state index in [-0.39, 0.29) is 12.6 Å². The molecule has 2 heterocycles. The van der Waals surface area contributed by atoms with Gasteiger partial charge in [-0.3, -0.25) is 9.79 Å². The normalized spacial score (nSPS) is 36.0. The molecule has 5 atom stereocenters. The van der Waals surface area contributed by atoms with Crippen molar-refractivity contribution in [2.24, 2.45) is 4.99 Å². The van der Waals surface area contributed by atoms with E-state index in [9.17, 15) is 20.4 Å². The van der Waals surface area contributed by atoms with E-state index in [2.05, 4.69) is 11.9 Å². The van der Waals surface area contributed by atoms with Crippen molar-refractivity contribution < 1.29 is 30.2 Å². The van der Waals surface area contributed by atoms with Crippen LogP contribution in [-0.4, -0.2) is 75.1 Å². The van der Waals surface area contributed by atoms with Gasteiger partial charge in [0.15, 0.2) is 6.23 Å². The maximum Gasteiger partial charge on any atom is 0.327 e. The topological polar surface area (TPSA) is 115 Å². The van der Waals surface area contributed by atoms with Gasteiger partial charge in [-0.2, -0.15) is 4.89 Å². The number of nitrogens with zero attached hydrogens (tertiary/aromatic N) is 2. The minimum absolute atomic E-state index is 0.0297. The summed E-state index contributed by atoms with van der Waals surface area (Å²) in [5, 5.41) is 39.7. The van der Waals surface area contributed by atoms with Crippen molar-refractivity contribution in [3.8, 4) is 0 Å². The second-order valence-electron chi connectivity index (χ2n) is 6.16. The summed E-state index contributed by atoms with van der Waals surface area (Å²) in [5.41, 5.74) is 0. The van der Waals surface area contributed by atoms with E-state index in [4.69, 9.17) is 9.78 Å². The Morgan fingerprint density at radius 2 is 1.70 bits per heavy atom. The summed E-state index contributed by atoms with van der Waals surface area (Å²) in [6.07, 6.45) is 1.19. The largest absolute Gasteiger partial charge is 0.388 e. The number of unbranched alkanes of at least 4 members (excludes halogenated alkanes) is 5. The first-order chi connectivity index (χ1) is 11.1. The standard InChI is InChI=1S/C15H28N2O6/c1-2-3-4-5-6-7-8-16-15-17-10(9-22-23-15)11(18)12(19)13(20)14(17)21/h10-14,18-21H,2-9H2,1H3/t10-,11-,12+,13-,14-/m1/s1. The van der Waals surface area contributed by atoms with Crippen molar-refractivity contribution in [1.29, 1.82) is 0 Å². The summed E-state index contributed by atoms with van der Waals surface area (Å²) in [5.74, 6) is 0. The van der Waals surface area contributed by atoms with Crippen LogP contribution in [0, 0.1) is 0 Å². The third kappa shape index (κ3) is 4.33. The molecule has 0 aliphatic carbocycles. The van der Waals surface area contributed by atoms with Crippen LogP contribution in [0.3, 0.4) is 0 Å². The van der Waals surface area contributed by atoms with Gasteiger partial charge >= 0.3 is 6.02 Å². The number of amidine groups is 1. The molecule has 0 aromatic rings. The average Bonchev–Trinajstić information content (AvgIpc) is 2.57. The third-order valence-electron chi connectivity index (χ3n) is 4.39. The van der Waals surface area contributed by atoms with Crippen molar-refractivity contribution in [3.63, 3.8) is 0 Å². The number of piperidine rings is 1. The Labute approximate surface area is 136 Å². The van der Waals surface area contributed by atoms with Crippen LogP contribution in [0.1, 0.15) is 45.4 Å². The highest BCUT2D eigenvalue weighted by molar-refractivity contribution is 5.74. The fourth-order valence-corrected chi connectivity index (χ4v) is 2.94. The predicted molar refractivity (Wildman–Crippen MR) is 82.4 cm³/mol. The van der Waals surface area contributed by atoms with Crippen molar-refractivity contribution in [2.75, 3.05) is 13.2 Å². The molecule has 2 saturated heterocycles. The number of rotatable bonds is 7. The van der Waals surface area contributed by atoms with E-state index in [1.165, 1.54) is 24.2 Å². The number of hydrogen-bond donors (Lipinski definition) is 4. The number of aliphatic imine (C=N–C) groups is 1. The zero-order valence-electron chi connectivity index (χ0n) is 13.5. The van der Waals surface area contributed by atoms with Gasteiger partial charge in [0.05, 0.1) is 6.04 Å². The average molecular weight is 332 g/mol. The van der Waals surface area contributed by atoms with Gasteiger partial charge < -0.3 is 20.4 Å². The van der Waals surface area contributed by atoms with Crippen LogP contribution in [0.5, 0.6) is 0 Å². The zero-order chi connectivity index (χ0) is 16.8. The van der Waals surface area contributed by atoms with Crippen molar-refractivity contribution in [1.82, 2.24) is 4.90 Å². The molecule has 0 aromatic carbocycles. The Hall–Kier alpha value is -0.930. The summed E-state index contributed by atoms with van der Waals surface area (Å²) in [6, 6.07) is -0.673. The maximum atomic E-state index is 10.1. The SMILES string of the molecule is CCCCCCCCN=C1OOC[C@@H]2[C@@H](O)[C@H](O)[C@@H](O)[C@@H](O)N12. The molecule has 2 rings (SSSR count). The van der Waals surface area contributed by atoms with Crippen LogP contribution in [0.2, 0.25) is 0 Å². The molecule has 23 heavy (non-hydrogen) atoms. The van der Waals surface area contributed by atoms with E-state index < -0.39 is 30.6 Å². The van der Waals surface area contributed by atoms with Gasteiger partial charge in [0.1, 0.15) is 24.9 Å². The van der Waals surface area contributed by atoms with Gasteiger partial charge in [0.2, 0.25) is 0 Å². The lowest BCUT2D eigenvalue weighted by molar-refractivity contribution is -0.307. The molecule has 0 radical (unpaired) electrons. The first kappa shape index (κ1) is 18.4. The quantitative estimate of drug-likeness (QED) is 0.375. The lowest BCUT2D eigenvalue weighted by atomic mass is 9.93. The fraction of sp³-hybridized carbons (Fsp3) is 0.933. The van der Waals surface area contributed by atoms with E-state index in [0.29, 0.717) is 6.54 Å². The molecule has 2 fully saturated rings. The Morgan fingerprint density at radius 3 is 2.43 bits per heavy atom. The van der Waals surface area contributed by atoms with Crippen LogP contribution < -0.4 is 0 Å². The Bertz CT molecular complexity index is 394. The highest BCUT2D eigenvalue weighted by Gasteiger charge is 2.51. The van der Waals surface area contributed by atoms with E-state index in [1.807, 2.05) is 0 Å². The minimum atomic E-state index is -1.50. The second-order valence-corrected chi connectivity index (χ2v) is 6.16. The van der Waals surface area contributed by atoms with Gasteiger partial charge in [0, 0.05) is 6.54 Å². The molecule has 0 saturated carbocycles. The van der Waals surface area contributed by atoms with Crippen molar-refractivity contribution in [3.05, 3.63) is 0 Å². The smallest absolute Gasteiger partial charge is 0.327 e. The monoisotopic (exact) mass is 332 g/mol. The molecule has 2 aliphatic rings. The molecule has 0 unspecified atom stereocenters. The van der Waals surface area contributed by atoms with Crippen LogP contribution in [0.4, 0.5) is 0 Å². The number of aliphatic hydroxyl groups is 4. The minimum Gasteiger partial charge on any atom is -0.388 e. The van der Waals surface area contributed by atoms with Crippen LogP contribution in [0.15, 0.2) is 4.99 Å². The molecule has 134 valence electrons. The first-order valence-corrected chi connectivity index (χ1v) is 8.42. The lowest BCUT2D eigenvalue weighted by Crippen LogP contribution is -2.70. The summed E-state index contributed by atoms with van der Waals surface area (Å²) < 4.78 is 0. The molecule has 0 bridgehead atoms. The number of hydrogen-bond acceptors (Lipinski definition) is 7. The number of fused-ring (bicyclic) bond motifs is 1. The molecule has 0 aromatic heterocycles. The molecule has 8 nitrogen and oxygen atoms in total.